The zero-order valence-electron chi connectivity index (χ0n) is 20.7. The number of nitrogens with zero attached hydrogens (tertiary/aromatic N) is 4. The second-order valence-electron chi connectivity index (χ2n) is 10.2. The summed E-state index contributed by atoms with van der Waals surface area (Å²) in [7, 11) is 1.70. The second-order valence-corrected chi connectivity index (χ2v) is 10.2. The Labute approximate surface area is 204 Å². The van der Waals surface area contributed by atoms with Crippen molar-refractivity contribution in [3.05, 3.63) is 18.1 Å². The summed E-state index contributed by atoms with van der Waals surface area (Å²) in [6.07, 6.45) is -0.137. The minimum atomic E-state index is -4.51. The maximum atomic E-state index is 13.8. The molecule has 1 aromatic heterocycles. The van der Waals surface area contributed by atoms with Crippen LogP contribution in [-0.2, 0) is 20.4 Å². The Bertz CT molecular complexity index is 878. The lowest BCUT2D eigenvalue weighted by Crippen LogP contribution is -2.55. The molecule has 1 amide bonds. The summed E-state index contributed by atoms with van der Waals surface area (Å²) in [6.45, 7) is 7.31. The Morgan fingerprint density at radius 2 is 1.97 bits per heavy atom. The van der Waals surface area contributed by atoms with Crippen LogP contribution in [0.1, 0.15) is 45.2 Å². The molecule has 2 saturated heterocycles. The van der Waals surface area contributed by atoms with Crippen molar-refractivity contribution < 1.29 is 27.4 Å². The number of amides is 1. The molecule has 1 saturated carbocycles. The molecule has 0 radical (unpaired) electrons. The third kappa shape index (κ3) is 5.56. The molecule has 0 aromatic carbocycles. The maximum absolute atomic E-state index is 13.8. The van der Waals surface area contributed by atoms with Gasteiger partial charge in [0.05, 0.1) is 18.1 Å². The van der Waals surface area contributed by atoms with Crippen molar-refractivity contribution in [2.24, 2.45) is 11.3 Å². The van der Waals surface area contributed by atoms with E-state index in [1.165, 1.54) is 0 Å². The maximum Gasteiger partial charge on any atom is 0.433 e. The van der Waals surface area contributed by atoms with Crippen molar-refractivity contribution in [1.82, 2.24) is 20.2 Å². The van der Waals surface area contributed by atoms with E-state index in [4.69, 9.17) is 9.47 Å². The monoisotopic (exact) mass is 499 g/mol. The van der Waals surface area contributed by atoms with Crippen LogP contribution in [0.5, 0.6) is 0 Å². The van der Waals surface area contributed by atoms with E-state index in [0.717, 1.165) is 38.1 Å². The van der Waals surface area contributed by atoms with Crippen molar-refractivity contribution in [3.63, 3.8) is 0 Å². The fourth-order valence-electron chi connectivity index (χ4n) is 5.75. The number of carbonyl (C=O) groups is 1. The minimum Gasteiger partial charge on any atom is -0.379 e. The normalized spacial score (nSPS) is 30.2. The Balaban J connectivity index is 1.38. The molecule has 1 aliphatic carbocycles. The Morgan fingerprint density at radius 1 is 1.23 bits per heavy atom. The fourth-order valence-corrected chi connectivity index (χ4v) is 5.75. The summed E-state index contributed by atoms with van der Waals surface area (Å²) in [6, 6.07) is 1.43. The van der Waals surface area contributed by atoms with Gasteiger partial charge in [0.15, 0.2) is 0 Å². The van der Waals surface area contributed by atoms with E-state index in [2.05, 4.69) is 29.1 Å². The van der Waals surface area contributed by atoms with Gasteiger partial charge in [0.25, 0.3) is 0 Å². The zero-order chi connectivity index (χ0) is 25.2. The lowest BCUT2D eigenvalue weighted by Gasteiger charge is -2.42. The summed E-state index contributed by atoms with van der Waals surface area (Å²) < 4.78 is 50.2. The number of methoxy groups -OCH3 is 1. The van der Waals surface area contributed by atoms with Crippen LogP contribution in [0.15, 0.2) is 12.4 Å². The number of aromatic nitrogens is 2. The van der Waals surface area contributed by atoms with Crippen LogP contribution >= 0.6 is 0 Å². The van der Waals surface area contributed by atoms with Crippen molar-refractivity contribution in [1.29, 1.82) is 0 Å². The summed E-state index contributed by atoms with van der Waals surface area (Å²) >= 11 is 0. The third-order valence-electron chi connectivity index (χ3n) is 7.97. The number of ether oxygens (including phenoxy) is 2. The highest BCUT2D eigenvalue weighted by Gasteiger charge is 2.50. The third-order valence-corrected chi connectivity index (χ3v) is 7.97. The van der Waals surface area contributed by atoms with Crippen molar-refractivity contribution in [3.8, 4) is 0 Å². The number of carbonyl (C=O) groups excluding carboxylic acids is 1. The van der Waals surface area contributed by atoms with Gasteiger partial charge in [-0.15, -0.1) is 0 Å². The number of halogens is 3. The molecule has 0 spiro atoms. The van der Waals surface area contributed by atoms with Crippen LogP contribution in [-0.4, -0.2) is 85.5 Å². The van der Waals surface area contributed by atoms with E-state index in [1.807, 2.05) is 4.90 Å². The number of hydrogen-bond donors (Lipinski definition) is 1. The summed E-state index contributed by atoms with van der Waals surface area (Å²) in [5, 5.41) is 3.74. The molecule has 3 fully saturated rings. The minimum absolute atomic E-state index is 0.0150. The lowest BCUT2D eigenvalue weighted by atomic mass is 9.74. The quantitative estimate of drug-likeness (QED) is 0.645. The number of piperazine rings is 1. The molecular formula is C24H36F3N5O3. The summed E-state index contributed by atoms with van der Waals surface area (Å²) in [5.41, 5.74) is -1.39. The number of nitrogens with one attached hydrogen (secondary N) is 1. The van der Waals surface area contributed by atoms with Gasteiger partial charge in [-0.1, -0.05) is 13.8 Å². The van der Waals surface area contributed by atoms with Crippen LogP contribution < -0.4 is 10.2 Å². The van der Waals surface area contributed by atoms with E-state index < -0.39 is 17.3 Å². The number of anilines is 1. The molecule has 2 unspecified atom stereocenters. The van der Waals surface area contributed by atoms with Gasteiger partial charge in [0.1, 0.15) is 17.8 Å². The topological polar surface area (TPSA) is 79.8 Å². The average molecular weight is 500 g/mol. The first-order chi connectivity index (χ1) is 16.6. The number of hydrogen-bond acceptors (Lipinski definition) is 7. The highest BCUT2D eigenvalue weighted by molar-refractivity contribution is 5.83. The predicted molar refractivity (Wildman–Crippen MR) is 124 cm³/mol. The summed E-state index contributed by atoms with van der Waals surface area (Å²) in [4.78, 5) is 24.9. The van der Waals surface area contributed by atoms with Gasteiger partial charge in [-0.05, 0) is 31.6 Å². The molecule has 1 N–H and O–H groups in total. The smallest absolute Gasteiger partial charge is 0.379 e. The first-order valence-electron chi connectivity index (χ1n) is 12.4. The second kappa shape index (κ2) is 10.6. The van der Waals surface area contributed by atoms with Gasteiger partial charge in [-0.2, -0.15) is 13.2 Å². The molecule has 4 atom stereocenters. The zero-order valence-corrected chi connectivity index (χ0v) is 20.7. The van der Waals surface area contributed by atoms with Gasteiger partial charge in [-0.25, -0.2) is 9.97 Å². The van der Waals surface area contributed by atoms with E-state index in [1.54, 1.807) is 12.0 Å². The molecule has 2 aliphatic heterocycles. The van der Waals surface area contributed by atoms with Crippen molar-refractivity contribution in [2.75, 3.05) is 51.4 Å². The van der Waals surface area contributed by atoms with Crippen LogP contribution in [0, 0.1) is 11.3 Å². The van der Waals surface area contributed by atoms with Crippen molar-refractivity contribution >= 4 is 11.7 Å². The van der Waals surface area contributed by atoms with Gasteiger partial charge in [-0.3, -0.25) is 4.79 Å². The number of rotatable bonds is 6. The molecule has 8 nitrogen and oxygen atoms in total. The van der Waals surface area contributed by atoms with Crippen LogP contribution in [0.3, 0.4) is 0 Å². The number of alkyl halides is 3. The Kier molecular flexibility index (Phi) is 7.87. The Morgan fingerprint density at radius 3 is 2.63 bits per heavy atom. The largest absolute Gasteiger partial charge is 0.433 e. The highest BCUT2D eigenvalue weighted by atomic mass is 19.4. The van der Waals surface area contributed by atoms with Gasteiger partial charge in [0, 0.05) is 58.0 Å². The van der Waals surface area contributed by atoms with Gasteiger partial charge in [0.2, 0.25) is 5.91 Å². The highest BCUT2D eigenvalue weighted by Crippen LogP contribution is 2.46. The Hall–Kier alpha value is -1.98. The molecule has 3 aliphatic rings. The molecule has 3 heterocycles. The predicted octanol–water partition coefficient (Wildman–Crippen LogP) is 2.73. The average Bonchev–Trinajstić information content (AvgIpc) is 3.29. The molecule has 4 rings (SSSR count). The first-order valence-corrected chi connectivity index (χ1v) is 12.4. The SMILES string of the molecule is CO[C@@H]1COCCC1N[C@@H]1CCC(C(=O)N2CCN(c3cc(C(F)(F)F)ncn3)CC2)(C(C)C)C1. The van der Waals surface area contributed by atoms with Crippen LogP contribution in [0.2, 0.25) is 0 Å². The van der Waals surface area contributed by atoms with Gasteiger partial charge < -0.3 is 24.6 Å². The summed E-state index contributed by atoms with van der Waals surface area (Å²) in [5.74, 6) is 0.585. The molecule has 196 valence electrons. The van der Waals surface area contributed by atoms with E-state index in [9.17, 15) is 18.0 Å². The molecule has 0 bridgehead atoms. The first kappa shape index (κ1) is 26.1. The fraction of sp³-hybridized carbons (Fsp3) is 0.792. The van der Waals surface area contributed by atoms with Crippen LogP contribution in [0.25, 0.3) is 0 Å². The molecule has 11 heteroatoms. The standard InChI is InChI=1S/C24H36F3N5O3/c1-16(2)23(6-4-17(13-23)30-18-5-11-35-14-19(18)34-3)22(33)32-9-7-31(8-10-32)21-12-20(24(25,26)27)28-15-29-21/h12,15-19,30H,4-11,13-14H2,1-3H3/t17-,18?,19-,23?/m1/s1. The van der Waals surface area contributed by atoms with E-state index >= 15 is 0 Å². The molecule has 35 heavy (non-hydrogen) atoms. The van der Waals surface area contributed by atoms with E-state index in [-0.39, 0.29) is 35.8 Å². The molecular weight excluding hydrogens is 463 g/mol. The van der Waals surface area contributed by atoms with E-state index in [0.29, 0.717) is 39.4 Å². The lowest BCUT2D eigenvalue weighted by molar-refractivity contribution is -0.145. The van der Waals surface area contributed by atoms with Gasteiger partial charge >= 0.3 is 6.18 Å². The van der Waals surface area contributed by atoms with Crippen LogP contribution in [0.4, 0.5) is 19.0 Å². The van der Waals surface area contributed by atoms with Crippen molar-refractivity contribution in [2.45, 2.75) is 63.9 Å². The molecule has 1 aromatic rings.